The van der Waals surface area contributed by atoms with Crippen LogP contribution in [-0.2, 0) is 4.74 Å². The third-order valence-corrected chi connectivity index (χ3v) is 2.61. The quantitative estimate of drug-likeness (QED) is 0.550. The minimum atomic E-state index is 0.315. The standard InChI is InChI=1S/C9H18O/c1-4-8(3)6-9(5-2)7-10-9/h8H,4-7H2,1-3H3. The van der Waals surface area contributed by atoms with Gasteiger partial charge in [-0.25, -0.2) is 0 Å². The second-order valence-corrected chi connectivity index (χ2v) is 3.54. The monoisotopic (exact) mass is 142 g/mol. The van der Waals surface area contributed by atoms with E-state index in [1.807, 2.05) is 0 Å². The number of hydrogen-bond acceptors (Lipinski definition) is 1. The first kappa shape index (κ1) is 8.06. The summed E-state index contributed by atoms with van der Waals surface area (Å²) in [6.45, 7) is 7.78. The average Bonchev–Trinajstić information content (AvgIpc) is 2.70. The maximum Gasteiger partial charge on any atom is 0.0916 e. The van der Waals surface area contributed by atoms with Crippen LogP contribution in [-0.4, -0.2) is 12.2 Å². The van der Waals surface area contributed by atoms with Gasteiger partial charge in [0.15, 0.2) is 0 Å². The molecule has 0 amide bonds. The van der Waals surface area contributed by atoms with E-state index >= 15 is 0 Å². The van der Waals surface area contributed by atoms with Gasteiger partial charge < -0.3 is 4.74 Å². The smallest absolute Gasteiger partial charge is 0.0916 e. The molecule has 60 valence electrons. The molecule has 10 heavy (non-hydrogen) atoms. The molecule has 1 rings (SSSR count). The zero-order chi connectivity index (χ0) is 7.61. The minimum Gasteiger partial charge on any atom is -0.370 e. The van der Waals surface area contributed by atoms with Crippen molar-refractivity contribution >= 4 is 0 Å². The van der Waals surface area contributed by atoms with E-state index in [4.69, 9.17) is 4.74 Å². The molecule has 0 aromatic heterocycles. The lowest BCUT2D eigenvalue weighted by molar-refractivity contribution is 0.249. The van der Waals surface area contributed by atoms with Crippen molar-refractivity contribution in [3.63, 3.8) is 0 Å². The molecule has 0 aromatic rings. The number of rotatable bonds is 4. The number of hydrogen-bond donors (Lipinski definition) is 0. The molecule has 1 heteroatoms. The Morgan fingerprint density at radius 2 is 2.10 bits per heavy atom. The highest BCUT2D eigenvalue weighted by Crippen LogP contribution is 2.37. The van der Waals surface area contributed by atoms with Crippen LogP contribution in [0.2, 0.25) is 0 Å². The summed E-state index contributed by atoms with van der Waals surface area (Å²) in [5.41, 5.74) is 0.315. The summed E-state index contributed by atoms with van der Waals surface area (Å²) < 4.78 is 5.42. The van der Waals surface area contributed by atoms with Crippen molar-refractivity contribution in [3.8, 4) is 0 Å². The second-order valence-electron chi connectivity index (χ2n) is 3.54. The fourth-order valence-corrected chi connectivity index (χ4v) is 1.35. The highest BCUT2D eigenvalue weighted by atomic mass is 16.6. The molecule has 0 aliphatic carbocycles. The Morgan fingerprint density at radius 1 is 1.50 bits per heavy atom. The molecule has 1 aliphatic heterocycles. The molecule has 1 saturated heterocycles. The lowest BCUT2D eigenvalue weighted by Gasteiger charge is -2.13. The Balaban J connectivity index is 2.23. The fraction of sp³-hybridized carbons (Fsp3) is 1.00. The predicted molar refractivity (Wildman–Crippen MR) is 43.0 cm³/mol. The van der Waals surface area contributed by atoms with Crippen molar-refractivity contribution < 1.29 is 4.74 Å². The van der Waals surface area contributed by atoms with Crippen molar-refractivity contribution in [3.05, 3.63) is 0 Å². The van der Waals surface area contributed by atoms with Crippen molar-refractivity contribution in [1.29, 1.82) is 0 Å². The van der Waals surface area contributed by atoms with Gasteiger partial charge >= 0.3 is 0 Å². The number of ether oxygens (including phenoxy) is 1. The van der Waals surface area contributed by atoms with Gasteiger partial charge in [0.25, 0.3) is 0 Å². The predicted octanol–water partition coefficient (Wildman–Crippen LogP) is 2.60. The van der Waals surface area contributed by atoms with Crippen molar-refractivity contribution in [1.82, 2.24) is 0 Å². The third-order valence-electron chi connectivity index (χ3n) is 2.61. The van der Waals surface area contributed by atoms with Gasteiger partial charge in [0.1, 0.15) is 0 Å². The van der Waals surface area contributed by atoms with Crippen LogP contribution in [0.4, 0.5) is 0 Å². The molecule has 1 fully saturated rings. The summed E-state index contributed by atoms with van der Waals surface area (Å²) in [5.74, 6) is 0.836. The van der Waals surface area contributed by atoms with Gasteiger partial charge in [-0.15, -0.1) is 0 Å². The van der Waals surface area contributed by atoms with Crippen LogP contribution >= 0.6 is 0 Å². The Kier molecular flexibility index (Phi) is 2.35. The Morgan fingerprint density at radius 3 is 2.40 bits per heavy atom. The molecule has 1 nitrogen and oxygen atoms in total. The average molecular weight is 142 g/mol. The van der Waals surface area contributed by atoms with Crippen LogP contribution < -0.4 is 0 Å². The van der Waals surface area contributed by atoms with E-state index in [0.717, 1.165) is 12.5 Å². The zero-order valence-electron chi connectivity index (χ0n) is 7.31. The van der Waals surface area contributed by atoms with E-state index in [1.54, 1.807) is 0 Å². The summed E-state index contributed by atoms with van der Waals surface area (Å²) >= 11 is 0. The molecule has 0 radical (unpaired) electrons. The molecule has 0 spiro atoms. The van der Waals surface area contributed by atoms with Gasteiger partial charge in [-0.2, -0.15) is 0 Å². The van der Waals surface area contributed by atoms with Gasteiger partial charge in [0.2, 0.25) is 0 Å². The first-order chi connectivity index (χ1) is 4.72. The highest BCUT2D eigenvalue weighted by molar-refractivity contribution is 4.91. The van der Waals surface area contributed by atoms with Gasteiger partial charge in [-0.1, -0.05) is 27.2 Å². The normalized spacial score (nSPS) is 33.9. The topological polar surface area (TPSA) is 12.5 Å². The van der Waals surface area contributed by atoms with Crippen LogP contribution in [0.15, 0.2) is 0 Å². The zero-order valence-corrected chi connectivity index (χ0v) is 7.31. The lowest BCUT2D eigenvalue weighted by Crippen LogP contribution is -2.13. The molecule has 2 unspecified atom stereocenters. The van der Waals surface area contributed by atoms with Crippen molar-refractivity contribution in [2.45, 2.75) is 45.6 Å². The fourth-order valence-electron chi connectivity index (χ4n) is 1.35. The number of epoxide rings is 1. The minimum absolute atomic E-state index is 0.315. The van der Waals surface area contributed by atoms with Gasteiger partial charge in [0, 0.05) is 0 Å². The second kappa shape index (κ2) is 2.91. The van der Waals surface area contributed by atoms with Crippen LogP contribution in [0.3, 0.4) is 0 Å². The molecule has 0 N–H and O–H groups in total. The summed E-state index contributed by atoms with van der Waals surface area (Å²) in [4.78, 5) is 0. The van der Waals surface area contributed by atoms with Crippen molar-refractivity contribution in [2.75, 3.05) is 6.61 Å². The summed E-state index contributed by atoms with van der Waals surface area (Å²) in [7, 11) is 0. The van der Waals surface area contributed by atoms with E-state index in [9.17, 15) is 0 Å². The molecule has 1 aliphatic rings. The van der Waals surface area contributed by atoms with E-state index in [-0.39, 0.29) is 0 Å². The Labute approximate surface area is 63.8 Å². The van der Waals surface area contributed by atoms with E-state index in [1.165, 1.54) is 19.3 Å². The largest absolute Gasteiger partial charge is 0.370 e. The summed E-state index contributed by atoms with van der Waals surface area (Å²) in [6.07, 6.45) is 3.74. The third kappa shape index (κ3) is 1.72. The Bertz CT molecular complexity index is 105. The summed E-state index contributed by atoms with van der Waals surface area (Å²) in [5, 5.41) is 0. The van der Waals surface area contributed by atoms with E-state index < -0.39 is 0 Å². The molecule has 1 heterocycles. The van der Waals surface area contributed by atoms with Crippen LogP contribution in [0.25, 0.3) is 0 Å². The molecule has 2 atom stereocenters. The van der Waals surface area contributed by atoms with Crippen molar-refractivity contribution in [2.24, 2.45) is 5.92 Å². The maximum absolute atomic E-state index is 5.42. The van der Waals surface area contributed by atoms with Gasteiger partial charge in [0.05, 0.1) is 12.2 Å². The SMILES string of the molecule is CCC(C)CC1(CC)CO1. The van der Waals surface area contributed by atoms with Crippen LogP contribution in [0.5, 0.6) is 0 Å². The molecule has 0 aromatic carbocycles. The van der Waals surface area contributed by atoms with Gasteiger partial charge in [-0.3, -0.25) is 0 Å². The molecular formula is C9H18O. The van der Waals surface area contributed by atoms with Crippen LogP contribution in [0.1, 0.15) is 40.0 Å². The van der Waals surface area contributed by atoms with E-state index in [2.05, 4.69) is 20.8 Å². The first-order valence-corrected chi connectivity index (χ1v) is 4.36. The maximum atomic E-state index is 5.42. The summed E-state index contributed by atoms with van der Waals surface area (Å²) in [6, 6.07) is 0. The lowest BCUT2D eigenvalue weighted by atomic mass is 9.93. The van der Waals surface area contributed by atoms with Crippen LogP contribution in [0, 0.1) is 5.92 Å². The van der Waals surface area contributed by atoms with E-state index in [0.29, 0.717) is 5.60 Å². The Hall–Kier alpha value is -0.0400. The molecular weight excluding hydrogens is 124 g/mol. The molecule has 0 bridgehead atoms. The van der Waals surface area contributed by atoms with Gasteiger partial charge in [-0.05, 0) is 18.8 Å². The molecule has 0 saturated carbocycles. The first-order valence-electron chi connectivity index (χ1n) is 4.36. The highest BCUT2D eigenvalue weighted by Gasteiger charge is 2.43.